The van der Waals surface area contributed by atoms with Gasteiger partial charge in [-0.1, -0.05) is 6.07 Å². The molecule has 0 radical (unpaired) electrons. The fourth-order valence-corrected chi connectivity index (χ4v) is 2.49. The molecule has 5 nitrogen and oxygen atoms in total. The van der Waals surface area contributed by atoms with Crippen molar-refractivity contribution >= 4 is 29.2 Å². The monoisotopic (exact) mass is 279 g/mol. The van der Waals surface area contributed by atoms with Gasteiger partial charge in [0.2, 0.25) is 0 Å². The van der Waals surface area contributed by atoms with Crippen LogP contribution >= 0.6 is 11.8 Å². The lowest BCUT2D eigenvalue weighted by atomic mass is 10.2. The highest BCUT2D eigenvalue weighted by Crippen LogP contribution is 2.19. The van der Waals surface area contributed by atoms with Gasteiger partial charge in [-0.2, -0.15) is 11.8 Å². The van der Waals surface area contributed by atoms with Gasteiger partial charge in [0.05, 0.1) is 0 Å². The maximum Gasteiger partial charge on any atom is 0.356 e. The van der Waals surface area contributed by atoms with Crippen molar-refractivity contribution in [2.75, 3.05) is 17.3 Å². The Morgan fingerprint density at radius 1 is 1.58 bits per heavy atom. The van der Waals surface area contributed by atoms with Crippen molar-refractivity contribution in [1.82, 2.24) is 9.38 Å². The summed E-state index contributed by atoms with van der Waals surface area (Å²) in [5.74, 6) is 0.495. The number of nitrogens with one attached hydrogen (secondary N) is 1. The minimum Gasteiger partial charge on any atom is -0.476 e. The molecule has 1 unspecified atom stereocenters. The fraction of sp³-hybridized carbons (Fsp3) is 0.385. The Balaban J connectivity index is 2.31. The lowest BCUT2D eigenvalue weighted by Crippen LogP contribution is -2.18. The van der Waals surface area contributed by atoms with Gasteiger partial charge in [-0.3, -0.25) is 4.40 Å². The van der Waals surface area contributed by atoms with Crippen molar-refractivity contribution in [1.29, 1.82) is 0 Å². The number of carboxylic acids is 1. The Labute approximate surface area is 116 Å². The minimum absolute atomic E-state index is 0.187. The largest absolute Gasteiger partial charge is 0.476 e. The number of hydrogen-bond donors (Lipinski definition) is 2. The van der Waals surface area contributed by atoms with Gasteiger partial charge in [-0.25, -0.2) is 9.78 Å². The third-order valence-electron chi connectivity index (χ3n) is 2.87. The first kappa shape index (κ1) is 13.7. The summed E-state index contributed by atoms with van der Waals surface area (Å²) in [6, 6.07) is 5.62. The number of aromatic carboxylic acids is 1. The molecule has 1 atom stereocenters. The van der Waals surface area contributed by atoms with Crippen LogP contribution in [0.25, 0.3) is 5.65 Å². The van der Waals surface area contributed by atoms with Gasteiger partial charge in [-0.05, 0) is 37.5 Å². The van der Waals surface area contributed by atoms with E-state index >= 15 is 0 Å². The molecule has 2 rings (SSSR count). The zero-order chi connectivity index (χ0) is 13.8. The average Bonchev–Trinajstić information content (AvgIpc) is 2.74. The summed E-state index contributed by atoms with van der Waals surface area (Å²) in [5, 5.41) is 12.5. The molecule has 0 bridgehead atoms. The highest BCUT2D eigenvalue weighted by molar-refractivity contribution is 7.98. The third-order valence-corrected chi connectivity index (χ3v) is 3.51. The number of carboxylic acid groups (broad SMARTS) is 1. The topological polar surface area (TPSA) is 66.6 Å². The lowest BCUT2D eigenvalue weighted by Gasteiger charge is -2.12. The lowest BCUT2D eigenvalue weighted by molar-refractivity contribution is 0.0690. The van der Waals surface area contributed by atoms with E-state index in [-0.39, 0.29) is 11.7 Å². The summed E-state index contributed by atoms with van der Waals surface area (Å²) >= 11 is 1.77. The Morgan fingerprint density at radius 2 is 2.37 bits per heavy atom. The maximum atomic E-state index is 11.4. The molecule has 2 aromatic heterocycles. The summed E-state index contributed by atoms with van der Waals surface area (Å²) in [4.78, 5) is 15.7. The molecule has 2 heterocycles. The zero-order valence-electron chi connectivity index (χ0n) is 11.0. The number of aromatic nitrogens is 2. The van der Waals surface area contributed by atoms with Crippen molar-refractivity contribution in [2.24, 2.45) is 0 Å². The van der Waals surface area contributed by atoms with E-state index in [1.54, 1.807) is 34.5 Å². The first-order valence-electron chi connectivity index (χ1n) is 6.09. The van der Waals surface area contributed by atoms with E-state index in [0.29, 0.717) is 11.5 Å². The van der Waals surface area contributed by atoms with E-state index < -0.39 is 5.97 Å². The number of fused-ring (bicyclic) bond motifs is 1. The second-order valence-electron chi connectivity index (χ2n) is 4.37. The van der Waals surface area contributed by atoms with Gasteiger partial charge >= 0.3 is 5.97 Å². The Kier molecular flexibility index (Phi) is 4.31. The summed E-state index contributed by atoms with van der Waals surface area (Å²) in [6.07, 6.45) is 4.73. The Hall–Kier alpha value is -1.69. The van der Waals surface area contributed by atoms with E-state index in [2.05, 4.69) is 16.6 Å². The van der Waals surface area contributed by atoms with Crippen LogP contribution in [-0.2, 0) is 0 Å². The molecule has 0 aromatic carbocycles. The molecule has 102 valence electrons. The van der Waals surface area contributed by atoms with E-state index in [1.807, 2.05) is 13.0 Å². The SMILES string of the molecule is CSCCC(C)Nc1nc2ccccn2c1C(=O)O. The molecule has 0 aliphatic rings. The fourth-order valence-electron chi connectivity index (χ4n) is 1.90. The van der Waals surface area contributed by atoms with Crippen LogP contribution in [0.1, 0.15) is 23.8 Å². The van der Waals surface area contributed by atoms with Crippen LogP contribution < -0.4 is 5.32 Å². The van der Waals surface area contributed by atoms with Crippen molar-refractivity contribution in [3.05, 3.63) is 30.1 Å². The molecule has 0 aliphatic heterocycles. The molecular formula is C13H17N3O2S. The first-order valence-corrected chi connectivity index (χ1v) is 7.48. The van der Waals surface area contributed by atoms with E-state index in [9.17, 15) is 9.90 Å². The van der Waals surface area contributed by atoms with Crippen LogP contribution in [0.3, 0.4) is 0 Å². The molecule has 19 heavy (non-hydrogen) atoms. The molecule has 0 spiro atoms. The highest BCUT2D eigenvalue weighted by Gasteiger charge is 2.19. The molecule has 2 aromatic rings. The van der Waals surface area contributed by atoms with E-state index in [0.717, 1.165) is 12.2 Å². The summed E-state index contributed by atoms with van der Waals surface area (Å²) in [7, 11) is 0. The highest BCUT2D eigenvalue weighted by atomic mass is 32.2. The molecule has 0 aliphatic carbocycles. The number of thioether (sulfide) groups is 1. The van der Waals surface area contributed by atoms with Crippen LogP contribution in [0.2, 0.25) is 0 Å². The maximum absolute atomic E-state index is 11.4. The Bertz CT molecular complexity index is 582. The number of anilines is 1. The smallest absolute Gasteiger partial charge is 0.356 e. The van der Waals surface area contributed by atoms with Crippen molar-refractivity contribution in [3.8, 4) is 0 Å². The van der Waals surface area contributed by atoms with Crippen molar-refractivity contribution < 1.29 is 9.90 Å². The number of imidazole rings is 1. The molecule has 2 N–H and O–H groups in total. The normalized spacial score (nSPS) is 12.5. The summed E-state index contributed by atoms with van der Waals surface area (Å²) in [5.41, 5.74) is 0.825. The van der Waals surface area contributed by atoms with E-state index in [4.69, 9.17) is 0 Å². The van der Waals surface area contributed by atoms with Crippen LogP contribution in [0.5, 0.6) is 0 Å². The molecular weight excluding hydrogens is 262 g/mol. The minimum atomic E-state index is -0.974. The second kappa shape index (κ2) is 5.97. The van der Waals surface area contributed by atoms with Crippen LogP contribution in [0.4, 0.5) is 5.82 Å². The molecule has 0 fully saturated rings. The molecule has 0 amide bonds. The number of pyridine rings is 1. The van der Waals surface area contributed by atoms with Gasteiger partial charge in [-0.15, -0.1) is 0 Å². The van der Waals surface area contributed by atoms with Gasteiger partial charge in [0.15, 0.2) is 11.5 Å². The predicted octanol–water partition coefficient (Wildman–Crippen LogP) is 2.59. The summed E-state index contributed by atoms with van der Waals surface area (Å²) in [6.45, 7) is 2.03. The third kappa shape index (κ3) is 3.01. The second-order valence-corrected chi connectivity index (χ2v) is 5.36. The Morgan fingerprint density at radius 3 is 3.05 bits per heavy atom. The number of carbonyl (C=O) groups is 1. The first-order chi connectivity index (χ1) is 9.13. The van der Waals surface area contributed by atoms with Crippen molar-refractivity contribution in [2.45, 2.75) is 19.4 Å². The van der Waals surface area contributed by atoms with Gasteiger partial charge < -0.3 is 10.4 Å². The zero-order valence-corrected chi connectivity index (χ0v) is 11.8. The van der Waals surface area contributed by atoms with Crippen LogP contribution in [0, 0.1) is 0 Å². The number of rotatable bonds is 6. The molecule has 0 saturated carbocycles. The van der Waals surface area contributed by atoms with Crippen molar-refractivity contribution in [3.63, 3.8) is 0 Å². The number of hydrogen-bond acceptors (Lipinski definition) is 4. The standard InChI is InChI=1S/C13H17N3O2S/c1-9(6-8-19-2)14-12-11(13(17)18)16-7-4-3-5-10(16)15-12/h3-5,7,9,14H,6,8H2,1-2H3,(H,17,18). The molecule has 6 heteroatoms. The van der Waals surface area contributed by atoms with Gasteiger partial charge in [0, 0.05) is 12.2 Å². The van der Waals surface area contributed by atoms with Crippen LogP contribution in [0.15, 0.2) is 24.4 Å². The summed E-state index contributed by atoms with van der Waals surface area (Å²) < 4.78 is 1.59. The van der Waals surface area contributed by atoms with Gasteiger partial charge in [0.1, 0.15) is 5.65 Å². The van der Waals surface area contributed by atoms with E-state index in [1.165, 1.54) is 0 Å². The number of nitrogens with zero attached hydrogens (tertiary/aromatic N) is 2. The van der Waals surface area contributed by atoms with Crippen LogP contribution in [-0.4, -0.2) is 38.5 Å². The predicted molar refractivity (Wildman–Crippen MR) is 78.2 cm³/mol. The quantitative estimate of drug-likeness (QED) is 0.850. The average molecular weight is 279 g/mol. The van der Waals surface area contributed by atoms with Gasteiger partial charge in [0.25, 0.3) is 0 Å². The molecule has 0 saturated heterocycles.